The largest absolute Gasteiger partial charge is 0.394 e. The predicted molar refractivity (Wildman–Crippen MR) is 79.4 cm³/mol. The molecule has 2 heterocycles. The predicted octanol–water partition coefficient (Wildman–Crippen LogP) is -1.15. The van der Waals surface area contributed by atoms with E-state index in [2.05, 4.69) is 4.98 Å². The van der Waals surface area contributed by atoms with Crippen molar-refractivity contribution < 1.29 is 14.9 Å². The van der Waals surface area contributed by atoms with E-state index in [0.717, 1.165) is 19.3 Å². The van der Waals surface area contributed by atoms with Gasteiger partial charge < -0.3 is 20.7 Å². The number of hydrogen-bond donors (Lipinski definition) is 4. The third kappa shape index (κ3) is 2.87. The number of nitrogens with zero attached hydrogens (tertiary/aromatic N) is 1. The first-order valence-corrected chi connectivity index (χ1v) is 7.51. The lowest BCUT2D eigenvalue weighted by atomic mass is 9.94. The first-order valence-electron chi connectivity index (χ1n) is 7.51. The van der Waals surface area contributed by atoms with Crippen LogP contribution in [0.2, 0.25) is 0 Å². The Kier molecular flexibility index (Phi) is 5.17. The molecule has 1 aromatic heterocycles. The van der Waals surface area contributed by atoms with Crippen LogP contribution in [0.15, 0.2) is 21.9 Å². The summed E-state index contributed by atoms with van der Waals surface area (Å²) in [5.74, 6) is 0. The van der Waals surface area contributed by atoms with Gasteiger partial charge in [-0.25, -0.2) is 4.79 Å². The molecule has 1 saturated heterocycles. The summed E-state index contributed by atoms with van der Waals surface area (Å²) in [5.41, 5.74) is 3.67. The molecule has 0 unspecified atom stereocenters. The molecule has 4 atom stereocenters. The minimum atomic E-state index is -1.27. The lowest BCUT2D eigenvalue weighted by Gasteiger charge is -2.34. The number of aromatic nitrogens is 2. The standard InChI is InChI=1S/C14H23N3O5/c1-2-3-4-6-14(12(15)11(20)9(8-18)22-14)17-7-5-10(19)16-13(17)21/h5,7,9,11-12,18,20H,2-4,6,8,15H2,1H3,(H,16,19,21)/t9-,11-,12-,14-/m1/s1. The lowest BCUT2D eigenvalue weighted by Crippen LogP contribution is -2.55. The van der Waals surface area contributed by atoms with Crippen molar-refractivity contribution in [2.45, 2.75) is 56.6 Å². The first-order chi connectivity index (χ1) is 10.5. The Bertz CT molecular complexity index is 613. The lowest BCUT2D eigenvalue weighted by molar-refractivity contribution is -0.128. The summed E-state index contributed by atoms with van der Waals surface area (Å²) in [6.45, 7) is 1.64. The Hall–Kier alpha value is -1.48. The molecule has 124 valence electrons. The van der Waals surface area contributed by atoms with E-state index >= 15 is 0 Å². The van der Waals surface area contributed by atoms with Crippen molar-refractivity contribution in [1.29, 1.82) is 0 Å². The summed E-state index contributed by atoms with van der Waals surface area (Å²) in [5, 5.41) is 19.5. The molecule has 0 spiro atoms. The van der Waals surface area contributed by atoms with E-state index in [-0.39, 0.29) is 0 Å². The van der Waals surface area contributed by atoms with Crippen LogP contribution in [0, 0.1) is 0 Å². The van der Waals surface area contributed by atoms with E-state index in [0.29, 0.717) is 6.42 Å². The molecule has 1 aromatic rings. The fourth-order valence-electron chi connectivity index (χ4n) is 2.96. The number of aliphatic hydroxyl groups is 2. The fourth-order valence-corrected chi connectivity index (χ4v) is 2.96. The van der Waals surface area contributed by atoms with Gasteiger partial charge in [-0.05, 0) is 12.8 Å². The number of hydrogen-bond acceptors (Lipinski definition) is 6. The zero-order chi connectivity index (χ0) is 16.3. The van der Waals surface area contributed by atoms with Gasteiger partial charge >= 0.3 is 5.69 Å². The van der Waals surface area contributed by atoms with Crippen molar-refractivity contribution in [3.63, 3.8) is 0 Å². The number of nitrogens with two attached hydrogens (primary N) is 1. The van der Waals surface area contributed by atoms with Crippen LogP contribution in [0.4, 0.5) is 0 Å². The maximum Gasteiger partial charge on any atom is 0.330 e. The average molecular weight is 313 g/mol. The highest BCUT2D eigenvalue weighted by atomic mass is 16.6. The Labute approximate surface area is 127 Å². The van der Waals surface area contributed by atoms with Gasteiger partial charge in [0.1, 0.15) is 12.2 Å². The highest BCUT2D eigenvalue weighted by molar-refractivity contribution is 5.03. The molecule has 1 aliphatic heterocycles. The van der Waals surface area contributed by atoms with E-state index in [4.69, 9.17) is 10.5 Å². The van der Waals surface area contributed by atoms with Crippen LogP contribution in [0.1, 0.15) is 32.6 Å². The summed E-state index contributed by atoms with van der Waals surface area (Å²) in [4.78, 5) is 25.6. The quantitative estimate of drug-likeness (QED) is 0.491. The van der Waals surface area contributed by atoms with Crippen LogP contribution in [0.5, 0.6) is 0 Å². The molecule has 2 rings (SSSR count). The third-order valence-corrected chi connectivity index (χ3v) is 4.18. The molecule has 0 radical (unpaired) electrons. The normalized spacial score (nSPS) is 31.5. The molecule has 5 N–H and O–H groups in total. The van der Waals surface area contributed by atoms with Gasteiger partial charge in [0.2, 0.25) is 0 Å². The van der Waals surface area contributed by atoms with Crippen LogP contribution in [0.3, 0.4) is 0 Å². The average Bonchev–Trinajstić information content (AvgIpc) is 2.73. The van der Waals surface area contributed by atoms with Crippen LogP contribution >= 0.6 is 0 Å². The number of rotatable bonds is 6. The summed E-state index contributed by atoms with van der Waals surface area (Å²) < 4.78 is 7.01. The molecule has 8 heteroatoms. The Morgan fingerprint density at radius 3 is 2.73 bits per heavy atom. The van der Waals surface area contributed by atoms with Crippen LogP contribution < -0.4 is 17.0 Å². The molecule has 0 aliphatic carbocycles. The summed E-state index contributed by atoms with van der Waals surface area (Å²) in [6.07, 6.45) is 2.39. The van der Waals surface area contributed by atoms with Gasteiger partial charge in [0.05, 0.1) is 12.6 Å². The number of ether oxygens (including phenoxy) is 1. The van der Waals surface area contributed by atoms with E-state index in [1.807, 2.05) is 6.92 Å². The van der Waals surface area contributed by atoms with Crippen molar-refractivity contribution >= 4 is 0 Å². The molecule has 0 amide bonds. The zero-order valence-corrected chi connectivity index (χ0v) is 12.6. The van der Waals surface area contributed by atoms with Crippen molar-refractivity contribution in [3.8, 4) is 0 Å². The number of nitrogens with one attached hydrogen (secondary N) is 1. The van der Waals surface area contributed by atoms with Crippen LogP contribution in [-0.2, 0) is 10.5 Å². The Morgan fingerprint density at radius 1 is 1.45 bits per heavy atom. The molecule has 0 aromatic carbocycles. The number of aromatic amines is 1. The monoisotopic (exact) mass is 313 g/mol. The second kappa shape index (κ2) is 6.74. The zero-order valence-electron chi connectivity index (χ0n) is 12.6. The summed E-state index contributed by atoms with van der Waals surface area (Å²) in [6, 6.07) is 0.322. The van der Waals surface area contributed by atoms with Crippen molar-refractivity contribution in [3.05, 3.63) is 33.1 Å². The van der Waals surface area contributed by atoms with Gasteiger partial charge in [0, 0.05) is 12.3 Å². The first kappa shape index (κ1) is 16.9. The maximum absolute atomic E-state index is 12.1. The van der Waals surface area contributed by atoms with Crippen molar-refractivity contribution in [2.24, 2.45) is 5.73 Å². The second-order valence-corrected chi connectivity index (χ2v) is 5.64. The highest BCUT2D eigenvalue weighted by Crippen LogP contribution is 2.37. The summed E-state index contributed by atoms with van der Waals surface area (Å²) in [7, 11) is 0. The minimum absolute atomic E-state index is 0.400. The molecule has 0 bridgehead atoms. The van der Waals surface area contributed by atoms with E-state index < -0.39 is 41.8 Å². The highest BCUT2D eigenvalue weighted by Gasteiger charge is 2.54. The minimum Gasteiger partial charge on any atom is -0.394 e. The fraction of sp³-hybridized carbons (Fsp3) is 0.714. The van der Waals surface area contributed by atoms with Gasteiger partial charge in [-0.2, -0.15) is 0 Å². The van der Waals surface area contributed by atoms with Crippen LogP contribution in [-0.4, -0.2) is 44.6 Å². The molecule has 1 fully saturated rings. The van der Waals surface area contributed by atoms with Crippen molar-refractivity contribution in [1.82, 2.24) is 9.55 Å². The van der Waals surface area contributed by atoms with Crippen molar-refractivity contribution in [2.75, 3.05) is 6.61 Å². The maximum atomic E-state index is 12.1. The Morgan fingerprint density at radius 2 is 2.18 bits per heavy atom. The second-order valence-electron chi connectivity index (χ2n) is 5.64. The van der Waals surface area contributed by atoms with Gasteiger partial charge in [-0.1, -0.05) is 19.8 Å². The Balaban J connectivity index is 2.46. The third-order valence-electron chi connectivity index (χ3n) is 4.18. The molecule has 8 nitrogen and oxygen atoms in total. The van der Waals surface area contributed by atoms with Gasteiger partial charge in [-0.3, -0.25) is 14.3 Å². The molecule has 1 aliphatic rings. The molecular weight excluding hydrogens is 290 g/mol. The molecule has 0 saturated carbocycles. The number of unbranched alkanes of at least 4 members (excludes halogenated alkanes) is 2. The number of aliphatic hydroxyl groups excluding tert-OH is 2. The van der Waals surface area contributed by atoms with E-state index in [9.17, 15) is 19.8 Å². The van der Waals surface area contributed by atoms with Gasteiger partial charge in [0.15, 0.2) is 5.72 Å². The molecule has 22 heavy (non-hydrogen) atoms. The smallest absolute Gasteiger partial charge is 0.330 e. The topological polar surface area (TPSA) is 131 Å². The van der Waals surface area contributed by atoms with E-state index in [1.165, 1.54) is 16.8 Å². The molecular formula is C14H23N3O5. The SMILES string of the molecule is CCCCC[C@@]1(n2ccc(=O)[nH]c2=O)O[C@H](CO)[C@@H](O)[C@H]1N. The van der Waals surface area contributed by atoms with E-state index in [1.54, 1.807) is 0 Å². The number of H-pyrrole nitrogens is 1. The van der Waals surface area contributed by atoms with Crippen LogP contribution in [0.25, 0.3) is 0 Å². The van der Waals surface area contributed by atoms with Gasteiger partial charge in [0.25, 0.3) is 5.56 Å². The van der Waals surface area contributed by atoms with Gasteiger partial charge in [-0.15, -0.1) is 0 Å². The summed E-state index contributed by atoms with van der Waals surface area (Å²) >= 11 is 0.